The lowest BCUT2D eigenvalue weighted by atomic mass is 10.1. The molecule has 0 aromatic heterocycles. The molecule has 0 aliphatic carbocycles. The van der Waals surface area contributed by atoms with Crippen molar-refractivity contribution in [3.05, 3.63) is 35.4 Å². The van der Waals surface area contributed by atoms with Crippen LogP contribution in [0.25, 0.3) is 0 Å². The Labute approximate surface area is 113 Å². The number of nitrogens with one attached hydrogen (secondary N) is 2. The molecule has 0 saturated carbocycles. The minimum absolute atomic E-state index is 0.0212. The van der Waals surface area contributed by atoms with Crippen molar-refractivity contribution in [2.24, 2.45) is 5.73 Å². The summed E-state index contributed by atoms with van der Waals surface area (Å²) < 4.78 is 0. The molecule has 0 aliphatic heterocycles. The van der Waals surface area contributed by atoms with E-state index in [-0.39, 0.29) is 11.8 Å². The largest absolute Gasteiger partial charge is 0.356 e. The quantitative estimate of drug-likeness (QED) is 0.667. The maximum Gasteiger partial charge on any atom is 0.251 e. The highest BCUT2D eigenvalue weighted by Crippen LogP contribution is 2.05. The topological polar surface area (TPSA) is 84.2 Å². The van der Waals surface area contributed by atoms with Crippen LogP contribution < -0.4 is 16.4 Å². The molecule has 4 N–H and O–H groups in total. The average molecular weight is 263 g/mol. The molecule has 0 saturated heterocycles. The number of carbonyl (C=O) groups is 2. The van der Waals surface area contributed by atoms with Gasteiger partial charge in [-0.1, -0.05) is 12.1 Å². The molecular formula is C14H21N3O2. The monoisotopic (exact) mass is 263 g/mol. The number of rotatable bonds is 7. The molecule has 0 radical (unpaired) electrons. The molecular weight excluding hydrogens is 242 g/mol. The van der Waals surface area contributed by atoms with Crippen LogP contribution in [0.5, 0.6) is 0 Å². The van der Waals surface area contributed by atoms with Crippen molar-refractivity contribution in [1.29, 1.82) is 0 Å². The van der Waals surface area contributed by atoms with E-state index in [2.05, 4.69) is 10.6 Å². The average Bonchev–Trinajstić information content (AvgIpc) is 2.44. The fourth-order valence-corrected chi connectivity index (χ4v) is 1.71. The number of hydrogen-bond acceptors (Lipinski definition) is 3. The fourth-order valence-electron chi connectivity index (χ4n) is 1.71. The Balaban J connectivity index is 2.41. The van der Waals surface area contributed by atoms with Crippen LogP contribution in [-0.2, 0) is 11.2 Å². The first kappa shape index (κ1) is 15.2. The van der Waals surface area contributed by atoms with Gasteiger partial charge in [0, 0.05) is 25.6 Å². The summed E-state index contributed by atoms with van der Waals surface area (Å²) in [5.74, 6) is -0.0817. The van der Waals surface area contributed by atoms with Crippen molar-refractivity contribution >= 4 is 11.8 Å². The molecule has 0 spiro atoms. The zero-order valence-corrected chi connectivity index (χ0v) is 11.2. The maximum absolute atomic E-state index is 11.5. The lowest BCUT2D eigenvalue weighted by Crippen LogP contribution is -2.26. The summed E-state index contributed by atoms with van der Waals surface area (Å²) in [6.07, 6.45) is 1.88. The second-order valence-electron chi connectivity index (χ2n) is 4.27. The van der Waals surface area contributed by atoms with E-state index in [1.807, 2.05) is 18.2 Å². The molecule has 0 aliphatic rings. The molecule has 0 heterocycles. The first-order chi connectivity index (χ1) is 9.17. The van der Waals surface area contributed by atoms with Crippen molar-refractivity contribution in [2.75, 3.05) is 20.1 Å². The third-order valence-electron chi connectivity index (χ3n) is 2.76. The molecule has 19 heavy (non-hydrogen) atoms. The van der Waals surface area contributed by atoms with Crippen molar-refractivity contribution in [3.8, 4) is 0 Å². The predicted octanol–water partition coefficient (Wildman–Crippen LogP) is 0.444. The van der Waals surface area contributed by atoms with Crippen LogP contribution in [0.1, 0.15) is 28.8 Å². The second-order valence-corrected chi connectivity index (χ2v) is 4.27. The normalized spacial score (nSPS) is 10.0. The smallest absolute Gasteiger partial charge is 0.251 e. The van der Waals surface area contributed by atoms with Crippen molar-refractivity contribution in [3.63, 3.8) is 0 Å². The van der Waals surface area contributed by atoms with Crippen molar-refractivity contribution < 1.29 is 9.59 Å². The van der Waals surface area contributed by atoms with Gasteiger partial charge in [-0.05, 0) is 37.1 Å². The zero-order valence-electron chi connectivity index (χ0n) is 11.2. The minimum atomic E-state index is -0.103. The molecule has 5 heteroatoms. The van der Waals surface area contributed by atoms with Gasteiger partial charge >= 0.3 is 0 Å². The summed E-state index contributed by atoms with van der Waals surface area (Å²) in [6, 6.07) is 7.39. The highest BCUT2D eigenvalue weighted by atomic mass is 16.2. The van der Waals surface area contributed by atoms with Crippen LogP contribution in [0.15, 0.2) is 24.3 Å². The molecule has 5 nitrogen and oxygen atoms in total. The maximum atomic E-state index is 11.5. The van der Waals surface area contributed by atoms with E-state index in [1.54, 1.807) is 13.1 Å². The van der Waals surface area contributed by atoms with Gasteiger partial charge in [0.25, 0.3) is 5.91 Å². The molecule has 1 rings (SSSR count). The molecule has 0 fully saturated rings. The summed E-state index contributed by atoms with van der Waals surface area (Å²) >= 11 is 0. The lowest BCUT2D eigenvalue weighted by molar-refractivity contribution is -0.121. The molecule has 2 amide bonds. The Hall–Kier alpha value is -1.88. The standard InChI is InChI=1S/C14H21N3O2/c1-16-14(19)12-5-2-4-11(10-12)7-9-17-13(18)6-3-8-15/h2,4-5,10H,3,6-9,15H2,1H3,(H,16,19)(H,17,18). The Morgan fingerprint density at radius 1 is 1.32 bits per heavy atom. The van der Waals surface area contributed by atoms with Crippen LogP contribution in [0, 0.1) is 0 Å². The number of amides is 2. The van der Waals surface area contributed by atoms with Gasteiger partial charge in [0.15, 0.2) is 0 Å². The summed E-state index contributed by atoms with van der Waals surface area (Å²) in [6.45, 7) is 1.10. The molecule has 1 aromatic carbocycles. The van der Waals surface area contributed by atoms with Crippen LogP contribution in [0.4, 0.5) is 0 Å². The van der Waals surface area contributed by atoms with E-state index >= 15 is 0 Å². The highest BCUT2D eigenvalue weighted by molar-refractivity contribution is 5.94. The second kappa shape index (κ2) is 8.26. The van der Waals surface area contributed by atoms with E-state index in [0.29, 0.717) is 37.9 Å². The van der Waals surface area contributed by atoms with Gasteiger partial charge in [0.2, 0.25) is 5.91 Å². The van der Waals surface area contributed by atoms with Crippen LogP contribution in [0.3, 0.4) is 0 Å². The summed E-state index contributed by atoms with van der Waals surface area (Å²) in [7, 11) is 1.60. The van der Waals surface area contributed by atoms with Gasteiger partial charge < -0.3 is 16.4 Å². The van der Waals surface area contributed by atoms with Crippen LogP contribution >= 0.6 is 0 Å². The van der Waals surface area contributed by atoms with Gasteiger partial charge in [-0.25, -0.2) is 0 Å². The zero-order chi connectivity index (χ0) is 14.1. The first-order valence-corrected chi connectivity index (χ1v) is 6.45. The van der Waals surface area contributed by atoms with Crippen molar-refractivity contribution in [1.82, 2.24) is 10.6 Å². The third-order valence-corrected chi connectivity index (χ3v) is 2.76. The molecule has 0 atom stereocenters. The number of hydrogen-bond donors (Lipinski definition) is 3. The number of nitrogens with two attached hydrogens (primary N) is 1. The van der Waals surface area contributed by atoms with Gasteiger partial charge in [-0.15, -0.1) is 0 Å². The summed E-state index contributed by atoms with van der Waals surface area (Å²) in [5.41, 5.74) is 7.00. The fraction of sp³-hybridized carbons (Fsp3) is 0.429. The van der Waals surface area contributed by atoms with E-state index in [9.17, 15) is 9.59 Å². The van der Waals surface area contributed by atoms with E-state index in [0.717, 1.165) is 5.56 Å². The van der Waals surface area contributed by atoms with Gasteiger partial charge in [0.05, 0.1) is 0 Å². The lowest BCUT2D eigenvalue weighted by Gasteiger charge is -2.06. The van der Waals surface area contributed by atoms with Crippen molar-refractivity contribution in [2.45, 2.75) is 19.3 Å². The predicted molar refractivity (Wildman–Crippen MR) is 74.8 cm³/mol. The van der Waals surface area contributed by atoms with Crippen LogP contribution in [-0.4, -0.2) is 32.0 Å². The van der Waals surface area contributed by atoms with E-state index in [4.69, 9.17) is 5.73 Å². The minimum Gasteiger partial charge on any atom is -0.356 e. The Kier molecular flexibility index (Phi) is 6.60. The summed E-state index contributed by atoms with van der Waals surface area (Å²) in [5, 5.41) is 5.42. The molecule has 0 bridgehead atoms. The first-order valence-electron chi connectivity index (χ1n) is 6.45. The third kappa shape index (κ3) is 5.52. The molecule has 0 unspecified atom stereocenters. The Morgan fingerprint density at radius 2 is 2.11 bits per heavy atom. The molecule has 1 aromatic rings. The van der Waals surface area contributed by atoms with Gasteiger partial charge in [-0.2, -0.15) is 0 Å². The SMILES string of the molecule is CNC(=O)c1cccc(CCNC(=O)CCCN)c1. The van der Waals surface area contributed by atoms with E-state index in [1.165, 1.54) is 0 Å². The number of benzene rings is 1. The Bertz CT molecular complexity index is 432. The van der Waals surface area contributed by atoms with Gasteiger partial charge in [-0.3, -0.25) is 9.59 Å². The van der Waals surface area contributed by atoms with E-state index < -0.39 is 0 Å². The number of carbonyl (C=O) groups excluding carboxylic acids is 2. The van der Waals surface area contributed by atoms with Crippen LogP contribution in [0.2, 0.25) is 0 Å². The highest BCUT2D eigenvalue weighted by Gasteiger charge is 2.04. The Morgan fingerprint density at radius 3 is 2.79 bits per heavy atom. The summed E-state index contributed by atoms with van der Waals surface area (Å²) in [4.78, 5) is 22.9. The molecule has 104 valence electrons. The van der Waals surface area contributed by atoms with Gasteiger partial charge in [0.1, 0.15) is 0 Å².